The molecule has 170 valence electrons. The lowest BCUT2D eigenvalue weighted by Gasteiger charge is -2.35. The summed E-state index contributed by atoms with van der Waals surface area (Å²) in [6.45, 7) is 6.33. The first-order valence-corrected chi connectivity index (χ1v) is 11.7. The predicted molar refractivity (Wildman–Crippen MR) is 124 cm³/mol. The van der Waals surface area contributed by atoms with Crippen molar-refractivity contribution in [3.8, 4) is 0 Å². The molecule has 0 radical (unpaired) electrons. The number of rotatable bonds is 7. The Labute approximate surface area is 190 Å². The maximum atomic E-state index is 13.5. The highest BCUT2D eigenvalue weighted by Crippen LogP contribution is 2.24. The average molecular weight is 436 g/mol. The van der Waals surface area contributed by atoms with Crippen molar-refractivity contribution < 1.29 is 14.3 Å². The van der Waals surface area contributed by atoms with Crippen molar-refractivity contribution in [2.75, 3.05) is 45.9 Å². The molecular weight excluding hydrogens is 402 g/mol. The van der Waals surface area contributed by atoms with Crippen LogP contribution in [0, 0.1) is 5.92 Å². The Morgan fingerprint density at radius 3 is 2.19 bits per heavy atom. The molecule has 6 nitrogen and oxygen atoms in total. The van der Waals surface area contributed by atoms with Gasteiger partial charge in [0.15, 0.2) is 0 Å². The molecule has 0 saturated carbocycles. The van der Waals surface area contributed by atoms with Gasteiger partial charge in [0.1, 0.15) is 6.04 Å². The van der Waals surface area contributed by atoms with Gasteiger partial charge in [-0.15, -0.1) is 0 Å². The van der Waals surface area contributed by atoms with Crippen molar-refractivity contribution in [1.82, 2.24) is 15.1 Å². The molecule has 2 aliphatic rings. The van der Waals surface area contributed by atoms with Crippen molar-refractivity contribution in [3.63, 3.8) is 0 Å². The van der Waals surface area contributed by atoms with E-state index < -0.39 is 6.04 Å². The van der Waals surface area contributed by atoms with Crippen LogP contribution in [-0.2, 0) is 9.53 Å². The number of amides is 2. The van der Waals surface area contributed by atoms with Crippen LogP contribution in [-0.4, -0.2) is 67.6 Å². The van der Waals surface area contributed by atoms with Gasteiger partial charge < -0.3 is 15.0 Å². The van der Waals surface area contributed by atoms with E-state index in [1.165, 1.54) is 6.42 Å². The third-order valence-corrected chi connectivity index (χ3v) is 6.57. The number of likely N-dealkylation sites (tertiary alicyclic amines) is 1. The topological polar surface area (TPSA) is 61.9 Å². The zero-order valence-corrected chi connectivity index (χ0v) is 18.6. The zero-order valence-electron chi connectivity index (χ0n) is 18.6. The Hall–Kier alpha value is -2.70. The van der Waals surface area contributed by atoms with Crippen molar-refractivity contribution in [2.24, 2.45) is 5.92 Å². The van der Waals surface area contributed by atoms with Crippen LogP contribution in [0.4, 0.5) is 0 Å². The molecule has 4 rings (SSSR count). The molecule has 2 aromatic rings. The molecule has 2 fully saturated rings. The minimum atomic E-state index is -0.672. The quantitative estimate of drug-likeness (QED) is 0.726. The third kappa shape index (κ3) is 5.96. The minimum Gasteiger partial charge on any atom is -0.379 e. The summed E-state index contributed by atoms with van der Waals surface area (Å²) in [5.41, 5.74) is 1.37. The van der Waals surface area contributed by atoms with Crippen LogP contribution in [0.3, 0.4) is 0 Å². The van der Waals surface area contributed by atoms with Crippen LogP contribution in [0.1, 0.15) is 41.2 Å². The van der Waals surface area contributed by atoms with Crippen LogP contribution in [0.2, 0.25) is 0 Å². The summed E-state index contributed by atoms with van der Waals surface area (Å²) in [4.78, 5) is 30.7. The van der Waals surface area contributed by atoms with E-state index in [0.29, 0.717) is 11.5 Å². The summed E-state index contributed by atoms with van der Waals surface area (Å²) >= 11 is 0. The van der Waals surface area contributed by atoms with Gasteiger partial charge in [-0.05, 0) is 49.4 Å². The Balaban J connectivity index is 1.35. The maximum absolute atomic E-state index is 13.5. The molecule has 0 bridgehead atoms. The molecule has 2 aromatic carbocycles. The largest absolute Gasteiger partial charge is 0.379 e. The highest BCUT2D eigenvalue weighted by Gasteiger charge is 2.30. The number of ether oxygens (including phenoxy) is 1. The Morgan fingerprint density at radius 1 is 0.906 bits per heavy atom. The molecule has 2 saturated heterocycles. The molecule has 1 unspecified atom stereocenters. The molecule has 0 spiro atoms. The minimum absolute atomic E-state index is 0.0212. The summed E-state index contributed by atoms with van der Waals surface area (Å²) in [5.74, 6) is 0.399. The SMILES string of the molecule is O=C(NC(C(=O)N1CCC(CCN2CCOCC2)CC1)c1ccccc1)c1ccccc1. The molecule has 2 aliphatic heterocycles. The fourth-order valence-electron chi connectivity index (χ4n) is 4.55. The van der Waals surface area contributed by atoms with E-state index in [0.717, 1.165) is 64.3 Å². The molecule has 6 heteroatoms. The van der Waals surface area contributed by atoms with Gasteiger partial charge in [0.25, 0.3) is 5.91 Å². The molecule has 1 N–H and O–H groups in total. The fourth-order valence-corrected chi connectivity index (χ4v) is 4.55. The van der Waals surface area contributed by atoms with E-state index >= 15 is 0 Å². The Morgan fingerprint density at radius 2 is 1.53 bits per heavy atom. The number of carbonyl (C=O) groups excluding carboxylic acids is 2. The van der Waals surface area contributed by atoms with Gasteiger partial charge in [-0.3, -0.25) is 14.5 Å². The number of piperidine rings is 1. The van der Waals surface area contributed by atoms with E-state index in [-0.39, 0.29) is 11.8 Å². The predicted octanol–water partition coefficient (Wildman–Crippen LogP) is 3.12. The van der Waals surface area contributed by atoms with E-state index in [4.69, 9.17) is 4.74 Å². The van der Waals surface area contributed by atoms with Gasteiger partial charge in [-0.25, -0.2) is 0 Å². The molecule has 2 heterocycles. The first kappa shape index (κ1) is 22.5. The fraction of sp³-hybridized carbons (Fsp3) is 0.462. The van der Waals surface area contributed by atoms with Crippen molar-refractivity contribution in [3.05, 3.63) is 71.8 Å². The standard InChI is InChI=1S/C26H33N3O3/c30-25(23-9-5-2-6-10-23)27-24(22-7-3-1-4-8-22)26(31)29-15-12-21(13-16-29)11-14-28-17-19-32-20-18-28/h1-10,21,24H,11-20H2,(H,27,30). The monoisotopic (exact) mass is 435 g/mol. The maximum Gasteiger partial charge on any atom is 0.252 e. The highest BCUT2D eigenvalue weighted by molar-refractivity contribution is 5.97. The second-order valence-electron chi connectivity index (χ2n) is 8.69. The van der Waals surface area contributed by atoms with Gasteiger partial charge in [0.2, 0.25) is 5.91 Å². The summed E-state index contributed by atoms with van der Waals surface area (Å²) in [6, 6.07) is 17.9. The van der Waals surface area contributed by atoms with Gasteiger partial charge in [0.05, 0.1) is 13.2 Å². The van der Waals surface area contributed by atoms with E-state index in [1.54, 1.807) is 12.1 Å². The van der Waals surface area contributed by atoms with Crippen LogP contribution in [0.15, 0.2) is 60.7 Å². The van der Waals surface area contributed by atoms with E-state index in [1.807, 2.05) is 53.4 Å². The third-order valence-electron chi connectivity index (χ3n) is 6.57. The van der Waals surface area contributed by atoms with E-state index in [2.05, 4.69) is 10.2 Å². The summed E-state index contributed by atoms with van der Waals surface area (Å²) in [6.07, 6.45) is 3.21. The number of carbonyl (C=O) groups is 2. The molecule has 1 atom stereocenters. The summed E-state index contributed by atoms with van der Waals surface area (Å²) in [7, 11) is 0. The summed E-state index contributed by atoms with van der Waals surface area (Å²) in [5, 5.41) is 2.98. The lowest BCUT2D eigenvalue weighted by molar-refractivity contribution is -0.134. The Bertz CT molecular complexity index is 860. The highest BCUT2D eigenvalue weighted by atomic mass is 16.5. The number of nitrogens with one attached hydrogen (secondary N) is 1. The van der Waals surface area contributed by atoms with Crippen molar-refractivity contribution >= 4 is 11.8 Å². The lowest BCUT2D eigenvalue weighted by Crippen LogP contribution is -2.46. The van der Waals surface area contributed by atoms with Crippen LogP contribution >= 0.6 is 0 Å². The number of benzene rings is 2. The van der Waals surface area contributed by atoms with Crippen LogP contribution in [0.25, 0.3) is 0 Å². The first-order valence-electron chi connectivity index (χ1n) is 11.7. The smallest absolute Gasteiger partial charge is 0.252 e. The van der Waals surface area contributed by atoms with Crippen LogP contribution < -0.4 is 5.32 Å². The Kier molecular flexibility index (Phi) is 7.91. The summed E-state index contributed by atoms with van der Waals surface area (Å²) < 4.78 is 5.43. The molecule has 32 heavy (non-hydrogen) atoms. The molecule has 2 amide bonds. The van der Waals surface area contributed by atoms with Gasteiger partial charge in [-0.2, -0.15) is 0 Å². The van der Waals surface area contributed by atoms with Gasteiger partial charge in [-0.1, -0.05) is 48.5 Å². The number of hydrogen-bond acceptors (Lipinski definition) is 4. The second-order valence-corrected chi connectivity index (χ2v) is 8.69. The number of nitrogens with zero attached hydrogens (tertiary/aromatic N) is 2. The van der Waals surface area contributed by atoms with Crippen molar-refractivity contribution in [2.45, 2.75) is 25.3 Å². The van der Waals surface area contributed by atoms with Crippen molar-refractivity contribution in [1.29, 1.82) is 0 Å². The van der Waals surface area contributed by atoms with E-state index in [9.17, 15) is 9.59 Å². The molecule has 0 aliphatic carbocycles. The number of morpholine rings is 1. The average Bonchev–Trinajstić information content (AvgIpc) is 2.87. The molecular formula is C26H33N3O3. The second kappa shape index (κ2) is 11.2. The normalized spacial score (nSPS) is 18.8. The lowest BCUT2D eigenvalue weighted by atomic mass is 9.92. The van der Waals surface area contributed by atoms with Gasteiger partial charge >= 0.3 is 0 Å². The number of hydrogen-bond donors (Lipinski definition) is 1. The molecule has 0 aromatic heterocycles. The first-order chi connectivity index (χ1) is 15.7. The van der Waals surface area contributed by atoms with Gasteiger partial charge in [0, 0.05) is 31.7 Å². The van der Waals surface area contributed by atoms with Crippen LogP contribution in [0.5, 0.6) is 0 Å². The zero-order chi connectivity index (χ0) is 22.2.